The molecule has 3 aromatic carbocycles. The van der Waals surface area contributed by atoms with Gasteiger partial charge in [0.1, 0.15) is 11.6 Å². The molecule has 0 aliphatic heterocycles. The van der Waals surface area contributed by atoms with Crippen molar-refractivity contribution in [3.05, 3.63) is 110 Å². The molecule has 0 saturated heterocycles. The van der Waals surface area contributed by atoms with Gasteiger partial charge in [0.2, 0.25) is 5.16 Å². The molecule has 1 N–H and O–H groups in total. The lowest BCUT2D eigenvalue weighted by Gasteiger charge is -2.27. The molecule has 0 unspecified atom stereocenters. The van der Waals surface area contributed by atoms with E-state index >= 15 is 0 Å². The minimum absolute atomic E-state index is 0.000936. The maximum absolute atomic E-state index is 14.2. The molecule has 4 aromatic rings. The lowest BCUT2D eigenvalue weighted by atomic mass is 9.81. The fourth-order valence-electron chi connectivity index (χ4n) is 3.77. The monoisotopic (exact) mass is 569 g/mol. The van der Waals surface area contributed by atoms with Crippen LogP contribution in [0.25, 0.3) is 5.69 Å². The second kappa shape index (κ2) is 10.1. The highest BCUT2D eigenvalue weighted by atomic mass is 35.5. The van der Waals surface area contributed by atoms with E-state index in [0.29, 0.717) is 21.4 Å². The van der Waals surface area contributed by atoms with Crippen LogP contribution >= 0.6 is 34.8 Å². The third-order valence-electron chi connectivity index (χ3n) is 5.84. The molecular weight excluding hydrogens is 551 g/mol. The molecule has 1 aromatic heterocycles. The predicted molar refractivity (Wildman–Crippen MR) is 138 cm³/mol. The average molecular weight is 571 g/mol. The van der Waals surface area contributed by atoms with Crippen molar-refractivity contribution in [1.29, 1.82) is 0 Å². The Morgan fingerprint density at radius 1 is 0.944 bits per heavy atom. The summed E-state index contributed by atoms with van der Waals surface area (Å²) in [6, 6.07) is 14.5. The summed E-state index contributed by atoms with van der Waals surface area (Å²) in [5.74, 6) is -1.13. The van der Waals surface area contributed by atoms with Crippen molar-refractivity contribution in [2.75, 3.05) is 0 Å². The fourth-order valence-corrected chi connectivity index (χ4v) is 5.40. The van der Waals surface area contributed by atoms with Crippen molar-refractivity contribution in [1.82, 2.24) is 14.3 Å². The Morgan fingerprint density at radius 2 is 1.64 bits per heavy atom. The van der Waals surface area contributed by atoms with Gasteiger partial charge in [0, 0.05) is 28.2 Å². The minimum Gasteiger partial charge on any atom is -0.286 e. The first kappa shape index (κ1) is 26.6. The Kier molecular flexibility index (Phi) is 7.46. The van der Waals surface area contributed by atoms with Crippen molar-refractivity contribution >= 4 is 44.8 Å². The Morgan fingerprint density at radius 3 is 2.28 bits per heavy atom. The van der Waals surface area contributed by atoms with Crippen LogP contribution in [0.4, 0.5) is 8.78 Å². The first-order valence-corrected chi connectivity index (χ1v) is 13.3. The number of hydrogen-bond donors (Lipinski definition) is 1. The second-order valence-corrected chi connectivity index (χ2v) is 11.4. The topological polar surface area (TPSA) is 64.0 Å². The number of halogens is 5. The van der Waals surface area contributed by atoms with Gasteiger partial charge >= 0.3 is 0 Å². The number of rotatable bonds is 7. The summed E-state index contributed by atoms with van der Waals surface area (Å²) in [5, 5.41) is 0.444. The molecule has 0 saturated carbocycles. The van der Waals surface area contributed by atoms with E-state index in [1.807, 2.05) is 13.8 Å². The molecular formula is C25H20Cl3F2N3O2S. The van der Waals surface area contributed by atoms with E-state index in [-0.39, 0.29) is 15.7 Å². The molecule has 0 fully saturated rings. The van der Waals surface area contributed by atoms with Crippen molar-refractivity contribution in [2.24, 2.45) is 0 Å². The molecule has 0 atom stereocenters. The molecule has 0 radical (unpaired) electrons. The molecule has 0 aliphatic rings. The summed E-state index contributed by atoms with van der Waals surface area (Å²) in [6.07, 6.45) is 1.43. The Labute approximate surface area is 222 Å². The van der Waals surface area contributed by atoms with E-state index in [1.165, 1.54) is 53.2 Å². The summed E-state index contributed by atoms with van der Waals surface area (Å²) >= 11 is 18.4. The minimum atomic E-state index is -4.28. The van der Waals surface area contributed by atoms with E-state index in [1.54, 1.807) is 18.2 Å². The van der Waals surface area contributed by atoms with E-state index in [4.69, 9.17) is 34.8 Å². The molecule has 1 heterocycles. The molecule has 5 nitrogen and oxygen atoms in total. The Hall–Kier alpha value is -2.49. The number of sulfonamides is 1. The maximum atomic E-state index is 14.2. The van der Waals surface area contributed by atoms with Crippen LogP contribution in [-0.4, -0.2) is 18.0 Å². The summed E-state index contributed by atoms with van der Waals surface area (Å²) in [7, 11) is -4.28. The van der Waals surface area contributed by atoms with Gasteiger partial charge in [0.15, 0.2) is 0 Å². The summed E-state index contributed by atoms with van der Waals surface area (Å²) in [5.41, 5.74) is 0.783. The molecule has 0 spiro atoms. The average Bonchev–Trinajstić information content (AvgIpc) is 3.28. The van der Waals surface area contributed by atoms with Gasteiger partial charge < -0.3 is 0 Å². The summed E-state index contributed by atoms with van der Waals surface area (Å²) in [4.78, 5) is 4.21. The largest absolute Gasteiger partial charge is 0.286 e. The van der Waals surface area contributed by atoms with Crippen molar-refractivity contribution in [2.45, 2.75) is 31.0 Å². The quantitative estimate of drug-likeness (QED) is 0.262. The van der Waals surface area contributed by atoms with Gasteiger partial charge in [-0.25, -0.2) is 26.9 Å². The van der Waals surface area contributed by atoms with E-state index in [0.717, 1.165) is 5.56 Å². The van der Waals surface area contributed by atoms with Gasteiger partial charge in [-0.1, -0.05) is 60.8 Å². The standard InChI is InChI=1S/C25H20Cl3F2N3O2S/c1-25(2,15-6-11-20(27)21(28)12-15)23-14-31-24(33(23)17-9-7-16(29)8-10-17)36(34,35)32-13-18-19(26)4-3-5-22(18)30/h3-12,14,32H,13H2,1-2H3. The Bertz CT molecular complexity index is 1520. The number of aromatic nitrogens is 2. The second-order valence-electron chi connectivity index (χ2n) is 8.52. The number of benzene rings is 3. The summed E-state index contributed by atoms with van der Waals surface area (Å²) < 4.78 is 58.5. The van der Waals surface area contributed by atoms with Crippen LogP contribution in [0.2, 0.25) is 15.1 Å². The summed E-state index contributed by atoms with van der Waals surface area (Å²) in [6.45, 7) is 3.34. The molecule has 188 valence electrons. The number of nitrogens with zero attached hydrogens (tertiary/aromatic N) is 2. The smallest absolute Gasteiger partial charge is 0.275 e. The van der Waals surface area contributed by atoms with Crippen LogP contribution in [0.15, 0.2) is 72.0 Å². The third-order valence-corrected chi connectivity index (χ3v) is 8.22. The molecule has 36 heavy (non-hydrogen) atoms. The zero-order valence-electron chi connectivity index (χ0n) is 19.1. The lowest BCUT2D eigenvalue weighted by Crippen LogP contribution is -2.29. The number of nitrogens with one attached hydrogen (secondary N) is 1. The number of hydrogen-bond acceptors (Lipinski definition) is 3. The van der Waals surface area contributed by atoms with Gasteiger partial charge in [0.05, 0.1) is 21.9 Å². The van der Waals surface area contributed by atoms with Crippen LogP contribution in [0, 0.1) is 11.6 Å². The van der Waals surface area contributed by atoms with Crippen LogP contribution < -0.4 is 4.72 Å². The Balaban J connectivity index is 1.84. The van der Waals surface area contributed by atoms with Crippen LogP contribution in [0.3, 0.4) is 0 Å². The van der Waals surface area contributed by atoms with Crippen molar-refractivity contribution in [3.8, 4) is 5.69 Å². The molecule has 0 amide bonds. The fraction of sp³-hybridized carbons (Fsp3) is 0.160. The molecule has 0 aliphatic carbocycles. The number of imidazole rings is 1. The van der Waals surface area contributed by atoms with Gasteiger partial charge in [-0.05, 0) is 54.1 Å². The van der Waals surface area contributed by atoms with E-state index in [2.05, 4.69) is 9.71 Å². The predicted octanol–water partition coefficient (Wildman–Crippen LogP) is 6.92. The highest BCUT2D eigenvalue weighted by Crippen LogP contribution is 2.37. The van der Waals surface area contributed by atoms with Gasteiger partial charge in [0.25, 0.3) is 10.0 Å². The lowest BCUT2D eigenvalue weighted by molar-refractivity contribution is 0.554. The zero-order chi connectivity index (χ0) is 26.3. The van der Waals surface area contributed by atoms with Gasteiger partial charge in [-0.15, -0.1) is 0 Å². The first-order valence-electron chi connectivity index (χ1n) is 10.6. The zero-order valence-corrected chi connectivity index (χ0v) is 22.2. The van der Waals surface area contributed by atoms with E-state index in [9.17, 15) is 17.2 Å². The molecule has 4 rings (SSSR count). The highest BCUT2D eigenvalue weighted by molar-refractivity contribution is 7.89. The SMILES string of the molecule is CC(C)(c1ccc(Cl)c(Cl)c1)c1cnc(S(=O)(=O)NCc2c(F)cccc2Cl)n1-c1ccc(F)cc1. The van der Waals surface area contributed by atoms with E-state index < -0.39 is 33.6 Å². The molecule has 0 bridgehead atoms. The van der Waals surface area contributed by atoms with Crippen LogP contribution in [-0.2, 0) is 22.0 Å². The molecule has 11 heteroatoms. The van der Waals surface area contributed by atoms with Crippen LogP contribution in [0.5, 0.6) is 0 Å². The van der Waals surface area contributed by atoms with Crippen molar-refractivity contribution < 1.29 is 17.2 Å². The van der Waals surface area contributed by atoms with Gasteiger partial charge in [-0.2, -0.15) is 0 Å². The maximum Gasteiger partial charge on any atom is 0.275 e. The normalized spacial score (nSPS) is 12.2. The van der Waals surface area contributed by atoms with Crippen LogP contribution in [0.1, 0.15) is 30.7 Å². The highest BCUT2D eigenvalue weighted by Gasteiger charge is 2.33. The van der Waals surface area contributed by atoms with Crippen molar-refractivity contribution in [3.63, 3.8) is 0 Å². The first-order chi connectivity index (χ1) is 16.9. The van der Waals surface area contributed by atoms with Gasteiger partial charge in [-0.3, -0.25) is 4.57 Å². The third kappa shape index (κ3) is 5.14.